The summed E-state index contributed by atoms with van der Waals surface area (Å²) >= 11 is 14.1. The van der Waals surface area contributed by atoms with Crippen molar-refractivity contribution in [3.05, 3.63) is 33.2 Å². The average Bonchev–Trinajstić information content (AvgIpc) is 3.23. The summed E-state index contributed by atoms with van der Waals surface area (Å²) in [5.74, 6) is -0.0142. The van der Waals surface area contributed by atoms with E-state index in [1.54, 1.807) is 16.8 Å². The number of amides is 1. The molecule has 2 aromatic rings. The molecule has 1 aliphatic rings. The van der Waals surface area contributed by atoms with Crippen LogP contribution >= 0.6 is 46.9 Å². The number of carbonyl (C=O) groups is 1. The van der Waals surface area contributed by atoms with Gasteiger partial charge >= 0.3 is 0 Å². The van der Waals surface area contributed by atoms with Crippen molar-refractivity contribution < 1.29 is 9.53 Å². The van der Waals surface area contributed by atoms with Crippen LogP contribution in [0.2, 0.25) is 5.02 Å². The summed E-state index contributed by atoms with van der Waals surface area (Å²) in [4.78, 5) is 12.2. The second-order valence-electron chi connectivity index (χ2n) is 5.66. The molecule has 0 spiro atoms. The first kappa shape index (κ1) is 18.8. The number of carbonyl (C=O) groups excluding carboxylic acids is 1. The first-order valence-electron chi connectivity index (χ1n) is 7.95. The molecule has 0 unspecified atom stereocenters. The van der Waals surface area contributed by atoms with Gasteiger partial charge in [0, 0.05) is 18.2 Å². The molecule has 0 bridgehead atoms. The Morgan fingerprint density at radius 3 is 3.00 bits per heavy atom. The Morgan fingerprint density at radius 2 is 2.32 bits per heavy atom. The fourth-order valence-corrected chi connectivity index (χ4v) is 5.08. The van der Waals surface area contributed by atoms with Gasteiger partial charge in [0.1, 0.15) is 0 Å². The zero-order chi connectivity index (χ0) is 17.8. The summed E-state index contributed by atoms with van der Waals surface area (Å²) in [5.41, 5.74) is 0.855. The van der Waals surface area contributed by atoms with Crippen LogP contribution in [0, 0.1) is 3.95 Å². The Balaban J connectivity index is 1.60. The Morgan fingerprint density at radius 1 is 1.56 bits per heavy atom. The SMILES string of the molecule is C[C@H](Sc1nn(-c2ccc(Cl)cc2)c(=S)s1)C(=O)NC[C@@H]1CCCO1. The monoisotopic (exact) mass is 415 g/mol. The zero-order valence-corrected chi connectivity index (χ0v) is 16.8. The Kier molecular flexibility index (Phi) is 6.51. The third kappa shape index (κ3) is 5.04. The first-order valence-corrected chi connectivity index (χ1v) is 10.4. The van der Waals surface area contributed by atoms with Crippen LogP contribution in [0.15, 0.2) is 28.6 Å². The Labute approximate surface area is 164 Å². The van der Waals surface area contributed by atoms with Gasteiger partial charge in [0.15, 0.2) is 8.29 Å². The van der Waals surface area contributed by atoms with Gasteiger partial charge in [-0.1, -0.05) is 34.7 Å². The molecular formula is C16H18ClN3O2S3. The second-order valence-corrected chi connectivity index (χ2v) is 9.31. The van der Waals surface area contributed by atoms with E-state index in [-0.39, 0.29) is 17.3 Å². The lowest BCUT2D eigenvalue weighted by Gasteiger charge is -2.13. The fourth-order valence-electron chi connectivity index (χ4n) is 2.42. The second kappa shape index (κ2) is 8.64. The standard InChI is InChI=1S/C16H18ClN3O2S3/c1-10(14(21)18-9-13-3-2-8-22-13)24-15-19-20(16(23)25-15)12-6-4-11(17)5-7-12/h4-7,10,13H,2-3,8-9H2,1H3,(H,18,21)/t10-,13-/m0/s1. The van der Waals surface area contributed by atoms with E-state index in [1.807, 2.05) is 19.1 Å². The Bertz CT molecular complexity index is 785. The maximum absolute atomic E-state index is 12.2. The van der Waals surface area contributed by atoms with Gasteiger partial charge < -0.3 is 10.1 Å². The van der Waals surface area contributed by atoms with Crippen LogP contribution in [0.1, 0.15) is 19.8 Å². The number of hydrogen-bond donors (Lipinski definition) is 1. The van der Waals surface area contributed by atoms with Gasteiger partial charge in [-0.05, 0) is 56.2 Å². The van der Waals surface area contributed by atoms with E-state index in [0.29, 0.717) is 15.5 Å². The highest BCUT2D eigenvalue weighted by molar-refractivity contribution is 8.02. The molecule has 3 rings (SSSR count). The third-order valence-electron chi connectivity index (χ3n) is 3.78. The highest BCUT2D eigenvalue weighted by Gasteiger charge is 2.20. The molecule has 1 fully saturated rings. The van der Waals surface area contributed by atoms with E-state index < -0.39 is 0 Å². The third-order valence-corrected chi connectivity index (χ3v) is 6.44. The van der Waals surface area contributed by atoms with Gasteiger partial charge in [-0.25, -0.2) is 4.68 Å². The maximum atomic E-state index is 12.2. The van der Waals surface area contributed by atoms with Crippen molar-refractivity contribution in [2.24, 2.45) is 0 Å². The van der Waals surface area contributed by atoms with Crippen LogP contribution in [0.3, 0.4) is 0 Å². The molecule has 25 heavy (non-hydrogen) atoms. The van der Waals surface area contributed by atoms with Crippen molar-refractivity contribution in [2.75, 3.05) is 13.2 Å². The summed E-state index contributed by atoms with van der Waals surface area (Å²) < 4.78 is 8.61. The van der Waals surface area contributed by atoms with Crippen LogP contribution in [0.4, 0.5) is 0 Å². The number of ether oxygens (including phenoxy) is 1. The topological polar surface area (TPSA) is 56.2 Å². The maximum Gasteiger partial charge on any atom is 0.233 e. The van der Waals surface area contributed by atoms with Gasteiger partial charge in [-0.2, -0.15) is 0 Å². The molecule has 0 aliphatic carbocycles. The van der Waals surface area contributed by atoms with Crippen molar-refractivity contribution >= 4 is 52.8 Å². The van der Waals surface area contributed by atoms with Crippen LogP contribution in [0.5, 0.6) is 0 Å². The minimum Gasteiger partial charge on any atom is -0.376 e. The van der Waals surface area contributed by atoms with E-state index in [2.05, 4.69) is 10.4 Å². The molecule has 1 amide bonds. The molecule has 1 aromatic carbocycles. The lowest BCUT2D eigenvalue weighted by Crippen LogP contribution is -2.36. The molecule has 9 heteroatoms. The van der Waals surface area contributed by atoms with Crippen LogP contribution in [0.25, 0.3) is 5.69 Å². The molecule has 134 valence electrons. The molecule has 0 saturated carbocycles. The predicted octanol–water partition coefficient (Wildman–Crippen LogP) is 4.09. The van der Waals surface area contributed by atoms with Gasteiger partial charge in [0.25, 0.3) is 0 Å². The van der Waals surface area contributed by atoms with E-state index >= 15 is 0 Å². The summed E-state index contributed by atoms with van der Waals surface area (Å²) in [6, 6.07) is 7.33. The highest BCUT2D eigenvalue weighted by Crippen LogP contribution is 2.28. The summed E-state index contributed by atoms with van der Waals surface area (Å²) in [5, 5.41) is 7.88. The fraction of sp³-hybridized carbons (Fsp3) is 0.438. The number of thioether (sulfide) groups is 1. The number of benzene rings is 1. The molecule has 2 heterocycles. The number of hydrogen-bond acceptors (Lipinski definition) is 6. The number of halogens is 1. The van der Waals surface area contributed by atoms with Crippen molar-refractivity contribution in [1.82, 2.24) is 15.1 Å². The van der Waals surface area contributed by atoms with Gasteiger partial charge in [-0.3, -0.25) is 4.79 Å². The van der Waals surface area contributed by atoms with Gasteiger partial charge in [-0.15, -0.1) is 5.10 Å². The van der Waals surface area contributed by atoms with E-state index in [9.17, 15) is 4.79 Å². The molecule has 5 nitrogen and oxygen atoms in total. The molecular weight excluding hydrogens is 398 g/mol. The minimum absolute atomic E-state index is 0.0142. The summed E-state index contributed by atoms with van der Waals surface area (Å²) in [6.45, 7) is 3.22. The lowest BCUT2D eigenvalue weighted by molar-refractivity contribution is -0.120. The van der Waals surface area contributed by atoms with E-state index in [1.165, 1.54) is 23.1 Å². The van der Waals surface area contributed by atoms with Crippen LogP contribution in [-0.2, 0) is 9.53 Å². The van der Waals surface area contributed by atoms with E-state index in [0.717, 1.165) is 29.5 Å². The van der Waals surface area contributed by atoms with Crippen molar-refractivity contribution in [2.45, 2.75) is 35.5 Å². The number of nitrogens with zero attached hydrogens (tertiary/aromatic N) is 2. The molecule has 1 saturated heterocycles. The van der Waals surface area contributed by atoms with Crippen molar-refractivity contribution in [3.63, 3.8) is 0 Å². The molecule has 0 radical (unpaired) electrons. The molecule has 2 atom stereocenters. The molecule has 1 N–H and O–H groups in total. The predicted molar refractivity (Wildman–Crippen MR) is 105 cm³/mol. The minimum atomic E-state index is -0.249. The number of rotatable bonds is 6. The van der Waals surface area contributed by atoms with Crippen LogP contribution < -0.4 is 5.32 Å². The van der Waals surface area contributed by atoms with Crippen molar-refractivity contribution in [3.8, 4) is 5.69 Å². The normalized spacial score (nSPS) is 18.2. The largest absolute Gasteiger partial charge is 0.376 e. The first-order chi connectivity index (χ1) is 12.0. The van der Waals surface area contributed by atoms with Gasteiger partial charge in [0.05, 0.1) is 17.0 Å². The van der Waals surface area contributed by atoms with E-state index in [4.69, 9.17) is 28.6 Å². The Hall–Kier alpha value is -0.930. The average molecular weight is 416 g/mol. The smallest absolute Gasteiger partial charge is 0.233 e. The summed E-state index contributed by atoms with van der Waals surface area (Å²) in [7, 11) is 0. The number of aromatic nitrogens is 2. The van der Waals surface area contributed by atoms with Crippen molar-refractivity contribution in [1.29, 1.82) is 0 Å². The lowest BCUT2D eigenvalue weighted by atomic mass is 10.2. The van der Waals surface area contributed by atoms with Gasteiger partial charge in [0.2, 0.25) is 5.91 Å². The number of nitrogens with one attached hydrogen (secondary N) is 1. The molecule has 1 aliphatic heterocycles. The summed E-state index contributed by atoms with van der Waals surface area (Å²) in [6.07, 6.45) is 2.22. The zero-order valence-electron chi connectivity index (χ0n) is 13.6. The quantitative estimate of drug-likeness (QED) is 0.568. The van der Waals surface area contributed by atoms with Crippen LogP contribution in [-0.4, -0.2) is 40.2 Å². The highest BCUT2D eigenvalue weighted by atomic mass is 35.5. The molecule has 1 aromatic heterocycles.